The molecule has 4 heteroatoms. The molecule has 0 aliphatic carbocycles. The average Bonchev–Trinajstić information content (AvgIpc) is 2.32. The van der Waals surface area contributed by atoms with Gasteiger partial charge in [0.1, 0.15) is 0 Å². The number of aryl methyl sites for hydroxylation is 2. The Morgan fingerprint density at radius 1 is 1.54 bits per heavy atom. The van der Waals surface area contributed by atoms with Gasteiger partial charge in [-0.1, -0.05) is 0 Å². The van der Waals surface area contributed by atoms with Crippen LogP contribution in [0.2, 0.25) is 0 Å². The van der Waals surface area contributed by atoms with E-state index in [1.807, 2.05) is 13.8 Å². The molecule has 0 spiro atoms. The van der Waals surface area contributed by atoms with Gasteiger partial charge in [-0.15, -0.1) is 0 Å². The zero-order valence-electron chi connectivity index (χ0n) is 8.05. The second-order valence-electron chi connectivity index (χ2n) is 3.53. The first-order valence-corrected chi connectivity index (χ1v) is 4.59. The molecule has 0 saturated carbocycles. The molecule has 1 saturated heterocycles. The SMILES string of the molecule is Cc1n[nH]c(C)c1CNC1COC1. The van der Waals surface area contributed by atoms with Gasteiger partial charge < -0.3 is 10.1 Å². The zero-order chi connectivity index (χ0) is 9.26. The van der Waals surface area contributed by atoms with Gasteiger partial charge >= 0.3 is 0 Å². The van der Waals surface area contributed by atoms with Crippen molar-refractivity contribution in [2.75, 3.05) is 13.2 Å². The van der Waals surface area contributed by atoms with Crippen LogP contribution < -0.4 is 5.32 Å². The Morgan fingerprint density at radius 3 is 2.77 bits per heavy atom. The lowest BCUT2D eigenvalue weighted by molar-refractivity contribution is -0.00582. The number of rotatable bonds is 3. The predicted octanol–water partition coefficient (Wildman–Crippen LogP) is 0.515. The molecule has 0 radical (unpaired) electrons. The van der Waals surface area contributed by atoms with Crippen LogP contribution in [0.5, 0.6) is 0 Å². The summed E-state index contributed by atoms with van der Waals surface area (Å²) >= 11 is 0. The molecule has 2 rings (SSSR count). The van der Waals surface area contributed by atoms with E-state index in [0.717, 1.165) is 31.1 Å². The number of hydrogen-bond donors (Lipinski definition) is 2. The maximum absolute atomic E-state index is 5.08. The van der Waals surface area contributed by atoms with Crippen molar-refractivity contribution in [1.82, 2.24) is 15.5 Å². The topological polar surface area (TPSA) is 49.9 Å². The highest BCUT2D eigenvalue weighted by Crippen LogP contribution is 2.10. The van der Waals surface area contributed by atoms with E-state index in [0.29, 0.717) is 6.04 Å². The molecule has 1 aromatic heterocycles. The van der Waals surface area contributed by atoms with Crippen LogP contribution in [0.15, 0.2) is 0 Å². The minimum Gasteiger partial charge on any atom is -0.378 e. The molecule has 2 N–H and O–H groups in total. The van der Waals surface area contributed by atoms with E-state index in [2.05, 4.69) is 15.5 Å². The lowest BCUT2D eigenvalue weighted by Gasteiger charge is -2.27. The maximum atomic E-state index is 5.08. The van der Waals surface area contributed by atoms with Crippen molar-refractivity contribution in [1.29, 1.82) is 0 Å². The molecular weight excluding hydrogens is 166 g/mol. The fraction of sp³-hybridized carbons (Fsp3) is 0.667. The molecule has 0 bridgehead atoms. The fourth-order valence-electron chi connectivity index (χ4n) is 1.43. The minimum absolute atomic E-state index is 0.536. The number of ether oxygens (including phenoxy) is 1. The van der Waals surface area contributed by atoms with Gasteiger partial charge in [-0.3, -0.25) is 5.10 Å². The van der Waals surface area contributed by atoms with Gasteiger partial charge in [-0.2, -0.15) is 5.10 Å². The Labute approximate surface area is 77.7 Å². The van der Waals surface area contributed by atoms with E-state index in [-0.39, 0.29) is 0 Å². The Balaban J connectivity index is 1.92. The molecule has 72 valence electrons. The first kappa shape index (κ1) is 8.72. The quantitative estimate of drug-likeness (QED) is 0.714. The van der Waals surface area contributed by atoms with Crippen molar-refractivity contribution in [3.8, 4) is 0 Å². The van der Waals surface area contributed by atoms with Crippen molar-refractivity contribution in [3.63, 3.8) is 0 Å². The van der Waals surface area contributed by atoms with Crippen LogP contribution in [-0.2, 0) is 11.3 Å². The van der Waals surface area contributed by atoms with Gasteiger partial charge in [0.25, 0.3) is 0 Å². The summed E-state index contributed by atoms with van der Waals surface area (Å²) < 4.78 is 5.08. The normalized spacial score (nSPS) is 17.4. The van der Waals surface area contributed by atoms with Crippen LogP contribution in [-0.4, -0.2) is 29.5 Å². The van der Waals surface area contributed by atoms with Crippen molar-refractivity contribution in [2.24, 2.45) is 0 Å². The smallest absolute Gasteiger partial charge is 0.0643 e. The van der Waals surface area contributed by atoms with Crippen LogP contribution in [0.4, 0.5) is 0 Å². The molecule has 1 aliphatic heterocycles. The summed E-state index contributed by atoms with van der Waals surface area (Å²) in [4.78, 5) is 0. The molecule has 2 heterocycles. The average molecular weight is 181 g/mol. The van der Waals surface area contributed by atoms with Crippen LogP contribution in [0.25, 0.3) is 0 Å². The maximum Gasteiger partial charge on any atom is 0.0643 e. The highest BCUT2D eigenvalue weighted by atomic mass is 16.5. The van der Waals surface area contributed by atoms with Crippen molar-refractivity contribution in [3.05, 3.63) is 17.0 Å². The lowest BCUT2D eigenvalue weighted by atomic mass is 10.2. The second-order valence-corrected chi connectivity index (χ2v) is 3.53. The molecule has 1 fully saturated rings. The third-order valence-corrected chi connectivity index (χ3v) is 2.49. The van der Waals surface area contributed by atoms with Gasteiger partial charge in [0.05, 0.1) is 24.9 Å². The van der Waals surface area contributed by atoms with Crippen molar-refractivity contribution < 1.29 is 4.74 Å². The summed E-state index contributed by atoms with van der Waals surface area (Å²) in [5.74, 6) is 0. The third-order valence-electron chi connectivity index (χ3n) is 2.49. The first-order chi connectivity index (χ1) is 6.27. The van der Waals surface area contributed by atoms with E-state index in [9.17, 15) is 0 Å². The summed E-state index contributed by atoms with van der Waals surface area (Å²) in [5, 5.41) is 10.5. The Hall–Kier alpha value is -0.870. The number of aromatic amines is 1. The van der Waals surface area contributed by atoms with Gasteiger partial charge in [0, 0.05) is 17.8 Å². The number of aromatic nitrogens is 2. The number of hydrogen-bond acceptors (Lipinski definition) is 3. The van der Waals surface area contributed by atoms with E-state index < -0.39 is 0 Å². The lowest BCUT2D eigenvalue weighted by Crippen LogP contribution is -2.45. The molecule has 0 amide bonds. The van der Waals surface area contributed by atoms with Crippen LogP contribution in [0.3, 0.4) is 0 Å². The summed E-state index contributed by atoms with van der Waals surface area (Å²) in [5.41, 5.74) is 3.53. The van der Waals surface area contributed by atoms with E-state index >= 15 is 0 Å². The number of nitrogens with zero attached hydrogens (tertiary/aromatic N) is 1. The second kappa shape index (κ2) is 3.47. The Kier molecular flexibility index (Phi) is 2.33. The monoisotopic (exact) mass is 181 g/mol. The molecule has 0 unspecified atom stereocenters. The molecule has 1 aliphatic rings. The molecule has 4 nitrogen and oxygen atoms in total. The summed E-state index contributed by atoms with van der Waals surface area (Å²) in [7, 11) is 0. The summed E-state index contributed by atoms with van der Waals surface area (Å²) in [6.45, 7) is 6.65. The van der Waals surface area contributed by atoms with Gasteiger partial charge in [-0.05, 0) is 13.8 Å². The molecular formula is C9H15N3O. The minimum atomic E-state index is 0.536. The largest absolute Gasteiger partial charge is 0.378 e. The fourth-order valence-corrected chi connectivity index (χ4v) is 1.43. The van der Waals surface area contributed by atoms with Crippen LogP contribution in [0, 0.1) is 13.8 Å². The summed E-state index contributed by atoms with van der Waals surface area (Å²) in [6.07, 6.45) is 0. The van der Waals surface area contributed by atoms with Crippen LogP contribution in [0.1, 0.15) is 17.0 Å². The third kappa shape index (κ3) is 1.73. The summed E-state index contributed by atoms with van der Waals surface area (Å²) in [6, 6.07) is 0.536. The van der Waals surface area contributed by atoms with Gasteiger partial charge in [0.2, 0.25) is 0 Å². The molecule has 13 heavy (non-hydrogen) atoms. The first-order valence-electron chi connectivity index (χ1n) is 4.59. The molecule has 1 aromatic rings. The standard InChI is InChI=1S/C9H15N3O/c1-6-9(7(2)12-11-6)3-10-8-4-13-5-8/h8,10H,3-5H2,1-2H3,(H,11,12). The Morgan fingerprint density at radius 2 is 2.31 bits per heavy atom. The van der Waals surface area contributed by atoms with Crippen LogP contribution >= 0.6 is 0 Å². The van der Waals surface area contributed by atoms with Gasteiger partial charge in [-0.25, -0.2) is 0 Å². The van der Waals surface area contributed by atoms with E-state index in [4.69, 9.17) is 4.74 Å². The predicted molar refractivity (Wildman–Crippen MR) is 49.5 cm³/mol. The Bertz CT molecular complexity index is 272. The van der Waals surface area contributed by atoms with Gasteiger partial charge in [0.15, 0.2) is 0 Å². The number of nitrogens with one attached hydrogen (secondary N) is 2. The van der Waals surface area contributed by atoms with Crippen molar-refractivity contribution in [2.45, 2.75) is 26.4 Å². The molecule has 0 aromatic carbocycles. The number of H-pyrrole nitrogens is 1. The van der Waals surface area contributed by atoms with E-state index in [1.54, 1.807) is 0 Å². The van der Waals surface area contributed by atoms with Crippen molar-refractivity contribution >= 4 is 0 Å². The highest BCUT2D eigenvalue weighted by Gasteiger charge is 2.18. The van der Waals surface area contributed by atoms with E-state index in [1.165, 1.54) is 5.56 Å². The molecule has 0 atom stereocenters. The zero-order valence-corrected chi connectivity index (χ0v) is 8.05. The highest BCUT2D eigenvalue weighted by molar-refractivity contribution is 5.22.